The fourth-order valence-corrected chi connectivity index (χ4v) is 2.84. The van der Waals surface area contributed by atoms with Gasteiger partial charge in [-0.25, -0.2) is 0 Å². The van der Waals surface area contributed by atoms with Crippen molar-refractivity contribution in [2.24, 2.45) is 0 Å². The maximum Gasteiger partial charge on any atom is 0.296 e. The van der Waals surface area contributed by atoms with Crippen LogP contribution < -0.4 is 24.7 Å². The summed E-state index contributed by atoms with van der Waals surface area (Å²) in [7, 11) is 0. The van der Waals surface area contributed by atoms with Gasteiger partial charge in [-0.2, -0.15) is 0 Å². The van der Waals surface area contributed by atoms with Gasteiger partial charge in [-0.05, 0) is 6.07 Å². The summed E-state index contributed by atoms with van der Waals surface area (Å²) in [6.07, 6.45) is 0. The average molecular weight is 465 g/mol. The summed E-state index contributed by atoms with van der Waals surface area (Å²) in [6.45, 7) is 1.23. The number of fused-ring (bicyclic) bond motifs is 2. The molecule has 0 saturated carbocycles. The minimum absolute atomic E-state index is 0.0556. The number of hydrogen-bond acceptors (Lipinski definition) is 11. The molecule has 2 N–H and O–H groups in total. The van der Waals surface area contributed by atoms with Crippen LogP contribution in [0, 0.1) is 20.2 Å². The lowest BCUT2D eigenvalue weighted by atomic mass is 10.2. The van der Waals surface area contributed by atoms with Crippen LogP contribution in [0.15, 0.2) is 30.3 Å². The molecule has 33 heavy (non-hydrogen) atoms. The van der Waals surface area contributed by atoms with Gasteiger partial charge in [0.05, 0.1) is 48.4 Å². The zero-order valence-electron chi connectivity index (χ0n) is 17.6. The Morgan fingerprint density at radius 3 is 1.64 bits per heavy atom. The van der Waals surface area contributed by atoms with Gasteiger partial charge >= 0.3 is 0 Å². The molecule has 3 rings (SSSR count). The molecule has 0 amide bonds. The first-order valence-corrected chi connectivity index (χ1v) is 9.98. The van der Waals surface area contributed by atoms with Crippen molar-refractivity contribution in [2.45, 2.75) is 0 Å². The van der Waals surface area contributed by atoms with Crippen molar-refractivity contribution in [1.82, 2.24) is 0 Å². The Hall–Kier alpha value is -3.84. The fraction of sp³-hybridized carbons (Fsp3) is 0.400. The van der Waals surface area contributed by atoms with Crippen molar-refractivity contribution in [3.8, 4) is 23.0 Å². The Kier molecular flexibility index (Phi) is 8.43. The van der Waals surface area contributed by atoms with Gasteiger partial charge < -0.3 is 34.2 Å². The smallest absolute Gasteiger partial charge is 0.296 e. The second-order valence-corrected chi connectivity index (χ2v) is 6.62. The largest absolute Gasteiger partial charge is 0.487 e. The van der Waals surface area contributed by atoms with Gasteiger partial charge in [-0.3, -0.25) is 20.2 Å². The zero-order valence-corrected chi connectivity index (χ0v) is 17.6. The Bertz CT molecular complexity index is 985. The van der Waals surface area contributed by atoms with Crippen LogP contribution in [0.1, 0.15) is 0 Å². The second kappa shape index (κ2) is 11.7. The summed E-state index contributed by atoms with van der Waals surface area (Å²) in [5.74, 6) is 0.961. The third kappa shape index (κ3) is 6.82. The van der Waals surface area contributed by atoms with Crippen molar-refractivity contribution in [1.29, 1.82) is 0 Å². The number of nitrogen functional groups attached to an aromatic ring is 1. The lowest BCUT2D eigenvalue weighted by Crippen LogP contribution is -2.15. The first-order valence-electron chi connectivity index (χ1n) is 9.98. The number of anilines is 1. The average Bonchev–Trinajstić information content (AvgIpc) is 2.78. The number of non-ortho nitro benzene ring substituents is 1. The number of nitro groups is 2. The standard InChI is InChI=1S/C20H23N3O10/c21-15-12-19-20(13-16(15)23(26)27)33-10-6-28-3-7-30-17-2-1-14(22(24)25)11-18(17)31-8-4-29-5-9-32-19/h1-2,11-13H,3-10,21H2. The number of benzene rings is 2. The van der Waals surface area contributed by atoms with Crippen molar-refractivity contribution in [2.75, 3.05) is 58.6 Å². The fourth-order valence-electron chi connectivity index (χ4n) is 2.84. The van der Waals surface area contributed by atoms with E-state index in [2.05, 4.69) is 0 Å². The quantitative estimate of drug-likeness (QED) is 0.392. The molecule has 0 aliphatic carbocycles. The van der Waals surface area contributed by atoms with E-state index in [-0.39, 0.29) is 87.2 Å². The molecule has 0 spiro atoms. The summed E-state index contributed by atoms with van der Waals surface area (Å²) in [5.41, 5.74) is 5.27. The number of nitrogens with two attached hydrogens (primary N) is 1. The van der Waals surface area contributed by atoms with Crippen molar-refractivity contribution >= 4 is 17.1 Å². The van der Waals surface area contributed by atoms with E-state index >= 15 is 0 Å². The van der Waals surface area contributed by atoms with Crippen LogP contribution >= 0.6 is 0 Å². The minimum atomic E-state index is -0.603. The lowest BCUT2D eigenvalue weighted by molar-refractivity contribution is -0.385. The molecule has 0 atom stereocenters. The van der Waals surface area contributed by atoms with Crippen molar-refractivity contribution in [3.05, 3.63) is 50.6 Å². The number of hydrogen-bond donors (Lipinski definition) is 1. The molecule has 1 aliphatic heterocycles. The predicted molar refractivity (Wildman–Crippen MR) is 114 cm³/mol. The third-order valence-electron chi connectivity index (χ3n) is 4.37. The van der Waals surface area contributed by atoms with E-state index in [9.17, 15) is 20.2 Å². The molecule has 0 radical (unpaired) electrons. The van der Waals surface area contributed by atoms with Gasteiger partial charge in [0.2, 0.25) is 0 Å². The molecule has 13 heteroatoms. The highest BCUT2D eigenvalue weighted by Gasteiger charge is 2.19. The Labute approximate surface area is 188 Å². The van der Waals surface area contributed by atoms with E-state index in [1.807, 2.05) is 0 Å². The molecule has 0 fully saturated rings. The molecule has 0 bridgehead atoms. The zero-order chi connectivity index (χ0) is 23.6. The van der Waals surface area contributed by atoms with E-state index in [0.29, 0.717) is 5.75 Å². The Balaban J connectivity index is 1.67. The Morgan fingerprint density at radius 2 is 1.12 bits per heavy atom. The molecule has 178 valence electrons. The first kappa shape index (κ1) is 23.8. The SMILES string of the molecule is Nc1cc2c(cc1[N+](=O)[O-])OCCOCCOc1ccc([N+](=O)[O-])cc1OCCOCCO2. The highest BCUT2D eigenvalue weighted by Crippen LogP contribution is 2.36. The normalized spacial score (nSPS) is 15.6. The first-order chi connectivity index (χ1) is 16.0. The van der Waals surface area contributed by atoms with E-state index in [1.165, 1.54) is 30.3 Å². The van der Waals surface area contributed by atoms with E-state index in [0.717, 1.165) is 0 Å². The number of nitro benzene ring substituents is 2. The molecule has 1 aliphatic rings. The van der Waals surface area contributed by atoms with Crippen LogP contribution in [0.3, 0.4) is 0 Å². The minimum Gasteiger partial charge on any atom is -0.487 e. The topological polar surface area (TPSA) is 168 Å². The summed E-state index contributed by atoms with van der Waals surface area (Å²) < 4.78 is 33.3. The summed E-state index contributed by atoms with van der Waals surface area (Å²) in [6, 6.07) is 6.59. The van der Waals surface area contributed by atoms with Crippen LogP contribution in [0.2, 0.25) is 0 Å². The van der Waals surface area contributed by atoms with Crippen LogP contribution in [-0.4, -0.2) is 62.7 Å². The maximum absolute atomic E-state index is 11.2. The predicted octanol–water partition coefficient (Wildman–Crippen LogP) is 2.35. The lowest BCUT2D eigenvalue weighted by Gasteiger charge is -2.15. The highest BCUT2D eigenvalue weighted by molar-refractivity contribution is 5.65. The second-order valence-electron chi connectivity index (χ2n) is 6.62. The molecule has 0 aromatic heterocycles. The summed E-state index contributed by atoms with van der Waals surface area (Å²) in [4.78, 5) is 21.1. The van der Waals surface area contributed by atoms with Crippen LogP contribution in [-0.2, 0) is 9.47 Å². The van der Waals surface area contributed by atoms with Gasteiger partial charge in [0.15, 0.2) is 23.0 Å². The third-order valence-corrected chi connectivity index (χ3v) is 4.37. The Morgan fingerprint density at radius 1 is 0.636 bits per heavy atom. The maximum atomic E-state index is 11.2. The van der Waals surface area contributed by atoms with Gasteiger partial charge in [-0.1, -0.05) is 0 Å². The highest BCUT2D eigenvalue weighted by atomic mass is 16.6. The van der Waals surface area contributed by atoms with E-state index in [1.54, 1.807) is 0 Å². The molecular formula is C20H23N3O10. The molecule has 1 heterocycles. The van der Waals surface area contributed by atoms with Crippen LogP contribution in [0.5, 0.6) is 23.0 Å². The van der Waals surface area contributed by atoms with Gasteiger partial charge in [0.25, 0.3) is 11.4 Å². The molecule has 2 aromatic carbocycles. The van der Waals surface area contributed by atoms with E-state index < -0.39 is 9.85 Å². The number of rotatable bonds is 2. The van der Waals surface area contributed by atoms with Crippen LogP contribution in [0.4, 0.5) is 17.1 Å². The van der Waals surface area contributed by atoms with Crippen LogP contribution in [0.25, 0.3) is 0 Å². The summed E-state index contributed by atoms with van der Waals surface area (Å²) >= 11 is 0. The number of ether oxygens (including phenoxy) is 6. The number of nitrogens with zero attached hydrogens (tertiary/aromatic N) is 2. The van der Waals surface area contributed by atoms with Gasteiger partial charge in [0, 0.05) is 12.1 Å². The van der Waals surface area contributed by atoms with E-state index in [4.69, 9.17) is 34.2 Å². The molecular weight excluding hydrogens is 442 g/mol. The van der Waals surface area contributed by atoms with Gasteiger partial charge in [0.1, 0.15) is 32.1 Å². The monoisotopic (exact) mass is 465 g/mol. The van der Waals surface area contributed by atoms with Crippen molar-refractivity contribution in [3.63, 3.8) is 0 Å². The molecule has 0 unspecified atom stereocenters. The molecule has 13 nitrogen and oxygen atoms in total. The van der Waals surface area contributed by atoms with Gasteiger partial charge in [-0.15, -0.1) is 0 Å². The molecule has 0 saturated heterocycles. The summed E-state index contributed by atoms with van der Waals surface area (Å²) in [5, 5.41) is 22.2. The van der Waals surface area contributed by atoms with Crippen molar-refractivity contribution < 1.29 is 38.3 Å². The molecule has 2 aromatic rings.